The molecule has 0 radical (unpaired) electrons. The Bertz CT molecular complexity index is 1090. The number of hydrogen-bond donors (Lipinski definition) is 1. The molecular formula is C22H20FN3O3. The number of para-hydroxylation sites is 2. The molecule has 2 aliphatic heterocycles. The van der Waals surface area contributed by atoms with Gasteiger partial charge in [-0.2, -0.15) is 0 Å². The Morgan fingerprint density at radius 1 is 1.21 bits per heavy atom. The van der Waals surface area contributed by atoms with Crippen LogP contribution in [0.1, 0.15) is 40.5 Å². The Labute approximate surface area is 167 Å². The number of fused-ring (bicyclic) bond motifs is 3. The molecule has 3 aromatic rings. The topological polar surface area (TPSA) is 67.6 Å². The number of imidazole rings is 1. The van der Waals surface area contributed by atoms with Gasteiger partial charge in [0.25, 0.3) is 5.91 Å². The molecule has 148 valence electrons. The number of piperidine rings is 1. The lowest BCUT2D eigenvalue weighted by molar-refractivity contribution is 0.0697. The number of carbonyl (C=O) groups is 1. The molecule has 0 saturated carbocycles. The molecule has 1 N–H and O–H groups in total. The fourth-order valence-corrected chi connectivity index (χ4v) is 4.24. The zero-order chi connectivity index (χ0) is 20.0. The number of likely N-dealkylation sites (tertiary alicyclic amines) is 1. The Kier molecular flexibility index (Phi) is 4.23. The van der Waals surface area contributed by atoms with Gasteiger partial charge in [-0.1, -0.05) is 24.3 Å². The van der Waals surface area contributed by atoms with Gasteiger partial charge in [-0.3, -0.25) is 9.36 Å². The Morgan fingerprint density at radius 2 is 2.07 bits per heavy atom. The summed E-state index contributed by atoms with van der Waals surface area (Å²) in [5.74, 6) is -0.530. The molecule has 1 fully saturated rings. The van der Waals surface area contributed by atoms with E-state index >= 15 is 0 Å². The first-order valence-corrected chi connectivity index (χ1v) is 9.68. The number of amides is 1. The van der Waals surface area contributed by atoms with Gasteiger partial charge >= 0.3 is 0 Å². The average molecular weight is 393 g/mol. The standard InChI is InChI=1S/C22H20FN3O3/c23-20-15(6-3-8-18(20)27)14-5-4-10-25(11-14)22(28)21-17-12-29-19-9-2-1-7-16(19)26(17)13-24-21/h1-3,6-9,13-14,27H,4-5,10-12H2. The summed E-state index contributed by atoms with van der Waals surface area (Å²) in [6.07, 6.45) is 3.18. The highest BCUT2D eigenvalue weighted by molar-refractivity contribution is 5.94. The monoisotopic (exact) mass is 393 g/mol. The number of benzene rings is 2. The largest absolute Gasteiger partial charge is 0.505 e. The lowest BCUT2D eigenvalue weighted by atomic mass is 9.90. The number of ether oxygens (including phenoxy) is 1. The number of phenols is 1. The van der Waals surface area contributed by atoms with E-state index in [4.69, 9.17) is 4.74 Å². The minimum Gasteiger partial charge on any atom is -0.505 e. The van der Waals surface area contributed by atoms with Crippen LogP contribution in [0.25, 0.3) is 5.69 Å². The van der Waals surface area contributed by atoms with E-state index in [0.29, 0.717) is 24.3 Å². The van der Waals surface area contributed by atoms with Gasteiger partial charge in [0.2, 0.25) is 0 Å². The van der Waals surface area contributed by atoms with Gasteiger partial charge in [0.15, 0.2) is 17.3 Å². The van der Waals surface area contributed by atoms with Crippen LogP contribution in [0.5, 0.6) is 11.5 Å². The van der Waals surface area contributed by atoms with Crippen molar-refractivity contribution in [3.63, 3.8) is 0 Å². The zero-order valence-corrected chi connectivity index (χ0v) is 15.7. The van der Waals surface area contributed by atoms with Crippen molar-refractivity contribution in [1.82, 2.24) is 14.5 Å². The maximum Gasteiger partial charge on any atom is 0.274 e. The fraction of sp³-hybridized carbons (Fsp3) is 0.273. The smallest absolute Gasteiger partial charge is 0.274 e. The molecular weight excluding hydrogens is 373 g/mol. The maximum atomic E-state index is 14.4. The minimum atomic E-state index is -0.601. The van der Waals surface area contributed by atoms with Crippen LogP contribution < -0.4 is 4.74 Å². The third-order valence-electron chi connectivity index (χ3n) is 5.71. The molecule has 1 amide bonds. The molecule has 29 heavy (non-hydrogen) atoms. The minimum absolute atomic E-state index is 0.157. The summed E-state index contributed by atoms with van der Waals surface area (Å²) in [6.45, 7) is 1.26. The lowest BCUT2D eigenvalue weighted by Gasteiger charge is -2.33. The van der Waals surface area contributed by atoms with E-state index in [1.807, 2.05) is 28.8 Å². The van der Waals surface area contributed by atoms with Gasteiger partial charge in [0.1, 0.15) is 18.7 Å². The number of hydrogen-bond acceptors (Lipinski definition) is 4. The summed E-state index contributed by atoms with van der Waals surface area (Å²) in [4.78, 5) is 19.3. The van der Waals surface area contributed by atoms with Crippen molar-refractivity contribution in [2.45, 2.75) is 25.4 Å². The van der Waals surface area contributed by atoms with Crippen molar-refractivity contribution >= 4 is 5.91 Å². The maximum absolute atomic E-state index is 14.4. The van der Waals surface area contributed by atoms with Crippen molar-refractivity contribution in [2.75, 3.05) is 13.1 Å². The Morgan fingerprint density at radius 3 is 2.97 bits per heavy atom. The van der Waals surface area contributed by atoms with E-state index in [1.54, 1.807) is 23.4 Å². The van der Waals surface area contributed by atoms with Gasteiger partial charge in [-0.25, -0.2) is 9.37 Å². The van der Waals surface area contributed by atoms with Crippen LogP contribution in [-0.2, 0) is 6.61 Å². The molecule has 1 aromatic heterocycles. The highest BCUT2D eigenvalue weighted by atomic mass is 19.1. The number of aromatic nitrogens is 2. The summed E-state index contributed by atoms with van der Waals surface area (Å²) in [5, 5.41) is 9.69. The summed E-state index contributed by atoms with van der Waals surface area (Å²) < 4.78 is 22.1. The van der Waals surface area contributed by atoms with Gasteiger partial charge < -0.3 is 14.7 Å². The molecule has 0 bridgehead atoms. The SMILES string of the molecule is O=C(c1ncn2c1COc1ccccc1-2)N1CCCC(c2cccc(O)c2F)C1. The molecule has 3 heterocycles. The molecule has 1 saturated heterocycles. The lowest BCUT2D eigenvalue weighted by Crippen LogP contribution is -2.40. The molecule has 5 rings (SSSR count). The van der Waals surface area contributed by atoms with E-state index in [-0.39, 0.29) is 24.2 Å². The molecule has 1 unspecified atom stereocenters. The summed E-state index contributed by atoms with van der Waals surface area (Å²) in [7, 11) is 0. The molecule has 7 heteroatoms. The first-order chi connectivity index (χ1) is 14.1. The first kappa shape index (κ1) is 17.7. The number of halogens is 1. The number of rotatable bonds is 2. The quantitative estimate of drug-likeness (QED) is 0.722. The predicted octanol–water partition coefficient (Wildman–Crippen LogP) is 3.63. The van der Waals surface area contributed by atoms with Crippen LogP contribution in [0.4, 0.5) is 4.39 Å². The van der Waals surface area contributed by atoms with Gasteiger partial charge in [0, 0.05) is 19.0 Å². The van der Waals surface area contributed by atoms with E-state index in [9.17, 15) is 14.3 Å². The third-order valence-corrected chi connectivity index (χ3v) is 5.71. The second kappa shape index (κ2) is 6.92. The van der Waals surface area contributed by atoms with Crippen molar-refractivity contribution in [2.24, 2.45) is 0 Å². The third kappa shape index (κ3) is 2.93. The number of nitrogens with zero attached hydrogens (tertiary/aromatic N) is 3. The van der Waals surface area contributed by atoms with E-state index in [2.05, 4.69) is 4.98 Å². The van der Waals surface area contributed by atoms with Gasteiger partial charge in [-0.15, -0.1) is 0 Å². The normalized spacial score (nSPS) is 18.0. The van der Waals surface area contributed by atoms with Crippen molar-refractivity contribution < 1.29 is 19.0 Å². The Balaban J connectivity index is 1.42. The van der Waals surface area contributed by atoms with Crippen molar-refractivity contribution in [3.8, 4) is 17.2 Å². The van der Waals surface area contributed by atoms with Crippen LogP contribution in [0.3, 0.4) is 0 Å². The summed E-state index contributed by atoms with van der Waals surface area (Å²) in [6, 6.07) is 12.3. The van der Waals surface area contributed by atoms with Crippen LogP contribution >= 0.6 is 0 Å². The molecule has 6 nitrogen and oxygen atoms in total. The number of aromatic hydroxyl groups is 1. The molecule has 0 spiro atoms. The highest BCUT2D eigenvalue weighted by Crippen LogP contribution is 2.34. The molecule has 0 aliphatic carbocycles. The van der Waals surface area contributed by atoms with Gasteiger partial charge in [0.05, 0.1) is 11.4 Å². The van der Waals surface area contributed by atoms with E-state index in [1.165, 1.54) is 6.07 Å². The zero-order valence-electron chi connectivity index (χ0n) is 15.7. The van der Waals surface area contributed by atoms with Gasteiger partial charge in [-0.05, 0) is 36.6 Å². The average Bonchev–Trinajstić information content (AvgIpc) is 3.20. The van der Waals surface area contributed by atoms with Crippen LogP contribution in [0.15, 0.2) is 48.8 Å². The molecule has 1 atom stereocenters. The van der Waals surface area contributed by atoms with Crippen LogP contribution in [-0.4, -0.2) is 38.6 Å². The predicted molar refractivity (Wildman–Crippen MR) is 104 cm³/mol. The van der Waals surface area contributed by atoms with Crippen LogP contribution in [0.2, 0.25) is 0 Å². The second-order valence-corrected chi connectivity index (χ2v) is 7.44. The highest BCUT2D eigenvalue weighted by Gasteiger charge is 2.32. The van der Waals surface area contributed by atoms with Crippen LogP contribution in [0, 0.1) is 5.82 Å². The summed E-state index contributed by atoms with van der Waals surface area (Å²) in [5.41, 5.74) is 2.40. The second-order valence-electron chi connectivity index (χ2n) is 7.44. The fourth-order valence-electron chi connectivity index (χ4n) is 4.24. The molecule has 2 aromatic carbocycles. The van der Waals surface area contributed by atoms with Crippen molar-refractivity contribution in [1.29, 1.82) is 0 Å². The van der Waals surface area contributed by atoms with E-state index in [0.717, 1.165) is 30.0 Å². The molecule has 2 aliphatic rings. The van der Waals surface area contributed by atoms with E-state index < -0.39 is 5.82 Å². The number of carbonyl (C=O) groups excluding carboxylic acids is 1. The first-order valence-electron chi connectivity index (χ1n) is 9.68. The Hall–Kier alpha value is -3.35. The van der Waals surface area contributed by atoms with Crippen molar-refractivity contribution in [3.05, 3.63) is 71.6 Å². The number of phenolic OH excluding ortho intramolecular Hbond substituents is 1. The summed E-state index contributed by atoms with van der Waals surface area (Å²) >= 11 is 0.